The number of methoxy groups -OCH3 is 1. The summed E-state index contributed by atoms with van der Waals surface area (Å²) < 4.78 is 7.75. The Bertz CT molecular complexity index is 507. The maximum Gasteiger partial charge on any atom is 0.199 e. The van der Waals surface area contributed by atoms with Gasteiger partial charge in [0.05, 0.1) is 19.0 Å². The van der Waals surface area contributed by atoms with Crippen LogP contribution in [0.5, 0.6) is 5.88 Å². The summed E-state index contributed by atoms with van der Waals surface area (Å²) in [7, 11) is 1.59. The Labute approximate surface area is 95.0 Å². The molecule has 0 spiro atoms. The van der Waals surface area contributed by atoms with Gasteiger partial charge in [0.15, 0.2) is 5.88 Å². The van der Waals surface area contributed by atoms with Crippen molar-refractivity contribution < 1.29 is 9.53 Å². The standard InChI is InChI=1S/C10H9BrN2O2/c1-15-9-4-2-3-7-10(11)12-8(5-6-14)13(7)9/h2-4,6H,5H2,1H3. The molecule has 4 nitrogen and oxygen atoms in total. The number of aromatic nitrogens is 2. The number of fused-ring (bicyclic) bond motifs is 1. The van der Waals surface area contributed by atoms with Gasteiger partial charge in [0.25, 0.3) is 0 Å². The van der Waals surface area contributed by atoms with Gasteiger partial charge in [-0.3, -0.25) is 4.40 Å². The molecule has 0 amide bonds. The van der Waals surface area contributed by atoms with Crippen LogP contribution in [0.15, 0.2) is 22.8 Å². The second-order valence-corrected chi connectivity index (χ2v) is 3.73. The Morgan fingerprint density at radius 3 is 3.07 bits per heavy atom. The minimum absolute atomic E-state index is 0.271. The lowest BCUT2D eigenvalue weighted by molar-refractivity contribution is -0.107. The summed E-state index contributed by atoms with van der Waals surface area (Å²) in [6, 6.07) is 5.62. The van der Waals surface area contributed by atoms with E-state index in [4.69, 9.17) is 4.74 Å². The molecular formula is C10H9BrN2O2. The van der Waals surface area contributed by atoms with Gasteiger partial charge in [0.2, 0.25) is 0 Å². The maximum atomic E-state index is 10.5. The molecule has 0 saturated carbocycles. The number of imidazole rings is 1. The molecular weight excluding hydrogens is 260 g/mol. The van der Waals surface area contributed by atoms with Crippen molar-refractivity contribution in [1.29, 1.82) is 0 Å². The maximum absolute atomic E-state index is 10.5. The Morgan fingerprint density at radius 2 is 2.40 bits per heavy atom. The number of hydrogen-bond donors (Lipinski definition) is 0. The van der Waals surface area contributed by atoms with E-state index in [0.29, 0.717) is 11.7 Å². The van der Waals surface area contributed by atoms with E-state index in [1.807, 2.05) is 22.6 Å². The van der Waals surface area contributed by atoms with Crippen LogP contribution in [0.3, 0.4) is 0 Å². The van der Waals surface area contributed by atoms with Gasteiger partial charge < -0.3 is 9.53 Å². The minimum Gasteiger partial charge on any atom is -0.482 e. The molecule has 0 radical (unpaired) electrons. The average Bonchev–Trinajstić information content (AvgIpc) is 2.57. The van der Waals surface area contributed by atoms with E-state index in [1.54, 1.807) is 7.11 Å². The number of aldehydes is 1. The Hall–Kier alpha value is -1.36. The number of ether oxygens (including phenoxy) is 1. The van der Waals surface area contributed by atoms with Gasteiger partial charge in [-0.2, -0.15) is 0 Å². The Kier molecular flexibility index (Phi) is 2.73. The molecule has 78 valence electrons. The highest BCUT2D eigenvalue weighted by molar-refractivity contribution is 9.10. The molecule has 0 atom stereocenters. The average molecular weight is 269 g/mol. The lowest BCUT2D eigenvalue weighted by Crippen LogP contribution is -1.99. The molecule has 2 aromatic rings. The van der Waals surface area contributed by atoms with Gasteiger partial charge in [-0.05, 0) is 28.1 Å². The van der Waals surface area contributed by atoms with Crippen LogP contribution in [0.4, 0.5) is 0 Å². The molecule has 0 aliphatic carbocycles. The highest BCUT2D eigenvalue weighted by Gasteiger charge is 2.11. The van der Waals surface area contributed by atoms with Crippen LogP contribution in [0, 0.1) is 0 Å². The van der Waals surface area contributed by atoms with E-state index in [9.17, 15) is 4.79 Å². The topological polar surface area (TPSA) is 43.6 Å². The molecule has 0 bridgehead atoms. The predicted molar refractivity (Wildman–Crippen MR) is 59.2 cm³/mol. The van der Waals surface area contributed by atoms with Crippen LogP contribution >= 0.6 is 15.9 Å². The van der Waals surface area contributed by atoms with Gasteiger partial charge >= 0.3 is 0 Å². The lowest BCUT2D eigenvalue weighted by atomic mass is 10.4. The molecule has 0 unspecified atom stereocenters. The molecule has 0 saturated heterocycles. The van der Waals surface area contributed by atoms with E-state index < -0.39 is 0 Å². The molecule has 2 heterocycles. The van der Waals surface area contributed by atoms with Gasteiger partial charge in [-0.1, -0.05) is 6.07 Å². The molecule has 2 aromatic heterocycles. The predicted octanol–water partition coefficient (Wildman–Crippen LogP) is 1.85. The van der Waals surface area contributed by atoms with Crippen molar-refractivity contribution in [3.8, 4) is 5.88 Å². The molecule has 2 rings (SSSR count). The monoisotopic (exact) mass is 268 g/mol. The van der Waals surface area contributed by atoms with Crippen LogP contribution in [0.25, 0.3) is 5.52 Å². The van der Waals surface area contributed by atoms with Crippen molar-refractivity contribution in [2.75, 3.05) is 7.11 Å². The van der Waals surface area contributed by atoms with Crippen LogP contribution in [-0.4, -0.2) is 22.8 Å². The first-order valence-electron chi connectivity index (χ1n) is 4.41. The van der Waals surface area contributed by atoms with Crippen LogP contribution in [0.1, 0.15) is 5.82 Å². The lowest BCUT2D eigenvalue weighted by Gasteiger charge is -2.05. The summed E-state index contributed by atoms with van der Waals surface area (Å²) in [6.45, 7) is 0. The largest absolute Gasteiger partial charge is 0.482 e. The zero-order chi connectivity index (χ0) is 10.8. The fraction of sp³-hybridized carbons (Fsp3) is 0.200. The van der Waals surface area contributed by atoms with Gasteiger partial charge in [0.1, 0.15) is 16.7 Å². The number of nitrogens with zero attached hydrogens (tertiary/aromatic N) is 2. The van der Waals surface area contributed by atoms with E-state index in [-0.39, 0.29) is 6.42 Å². The van der Waals surface area contributed by atoms with E-state index >= 15 is 0 Å². The van der Waals surface area contributed by atoms with Crippen molar-refractivity contribution in [1.82, 2.24) is 9.38 Å². The van der Waals surface area contributed by atoms with Crippen molar-refractivity contribution in [3.63, 3.8) is 0 Å². The third-order valence-electron chi connectivity index (χ3n) is 2.13. The molecule has 0 aliphatic heterocycles. The number of pyridine rings is 1. The first-order valence-corrected chi connectivity index (χ1v) is 5.20. The zero-order valence-corrected chi connectivity index (χ0v) is 9.69. The first kappa shape index (κ1) is 10.2. The molecule has 15 heavy (non-hydrogen) atoms. The summed E-state index contributed by atoms with van der Waals surface area (Å²) >= 11 is 3.35. The molecule has 0 aromatic carbocycles. The highest BCUT2D eigenvalue weighted by Crippen LogP contribution is 2.24. The quantitative estimate of drug-likeness (QED) is 0.798. The minimum atomic E-state index is 0.271. The number of carbonyl (C=O) groups excluding carboxylic acids is 1. The van der Waals surface area contributed by atoms with Crippen molar-refractivity contribution >= 4 is 27.7 Å². The fourth-order valence-electron chi connectivity index (χ4n) is 1.51. The van der Waals surface area contributed by atoms with Gasteiger partial charge in [-0.25, -0.2) is 4.98 Å². The Balaban J connectivity index is 2.75. The molecule has 0 fully saturated rings. The first-order chi connectivity index (χ1) is 7.27. The number of halogens is 1. The van der Waals surface area contributed by atoms with E-state index in [0.717, 1.165) is 16.4 Å². The third-order valence-corrected chi connectivity index (χ3v) is 2.71. The molecule has 0 aliphatic rings. The van der Waals surface area contributed by atoms with Crippen LogP contribution in [-0.2, 0) is 11.2 Å². The van der Waals surface area contributed by atoms with Crippen LogP contribution < -0.4 is 4.74 Å². The highest BCUT2D eigenvalue weighted by atomic mass is 79.9. The van der Waals surface area contributed by atoms with Crippen LogP contribution in [0.2, 0.25) is 0 Å². The third kappa shape index (κ3) is 1.63. The van der Waals surface area contributed by atoms with Crippen molar-refractivity contribution in [2.24, 2.45) is 0 Å². The smallest absolute Gasteiger partial charge is 0.199 e. The number of hydrogen-bond acceptors (Lipinski definition) is 3. The van der Waals surface area contributed by atoms with Crippen molar-refractivity contribution in [2.45, 2.75) is 6.42 Å². The summed E-state index contributed by atoms with van der Waals surface area (Å²) in [6.07, 6.45) is 1.10. The van der Waals surface area contributed by atoms with E-state index in [1.165, 1.54) is 0 Å². The van der Waals surface area contributed by atoms with Crippen molar-refractivity contribution in [3.05, 3.63) is 28.6 Å². The second kappa shape index (κ2) is 4.02. The molecule has 0 N–H and O–H groups in total. The molecule has 5 heteroatoms. The summed E-state index contributed by atoms with van der Waals surface area (Å²) in [5.74, 6) is 1.34. The zero-order valence-electron chi connectivity index (χ0n) is 8.11. The summed E-state index contributed by atoms with van der Waals surface area (Å²) in [5, 5.41) is 0. The SMILES string of the molecule is COc1cccc2c(Br)nc(CC=O)n12. The second-order valence-electron chi connectivity index (χ2n) is 2.98. The van der Waals surface area contributed by atoms with Gasteiger partial charge in [-0.15, -0.1) is 0 Å². The fourth-order valence-corrected chi connectivity index (χ4v) is 2.02. The number of rotatable bonds is 3. The summed E-state index contributed by atoms with van der Waals surface area (Å²) in [4.78, 5) is 14.8. The van der Waals surface area contributed by atoms with E-state index in [2.05, 4.69) is 20.9 Å². The Morgan fingerprint density at radius 1 is 1.60 bits per heavy atom. The summed E-state index contributed by atoms with van der Waals surface area (Å²) in [5.41, 5.74) is 0.895. The van der Waals surface area contributed by atoms with Gasteiger partial charge in [0, 0.05) is 0 Å². The normalized spacial score (nSPS) is 10.5. The number of carbonyl (C=O) groups is 1.